The van der Waals surface area contributed by atoms with E-state index in [-0.39, 0.29) is 35.7 Å². The molecular formula is C17H17ClN4O4. The third-order valence-electron chi connectivity index (χ3n) is 4.71. The lowest BCUT2D eigenvalue weighted by molar-refractivity contribution is -0.121. The lowest BCUT2D eigenvalue weighted by Crippen LogP contribution is -2.32. The van der Waals surface area contributed by atoms with Gasteiger partial charge in [0.1, 0.15) is 17.8 Å². The Labute approximate surface area is 153 Å². The van der Waals surface area contributed by atoms with E-state index in [4.69, 9.17) is 16.3 Å². The molecule has 0 saturated carbocycles. The van der Waals surface area contributed by atoms with Crippen molar-refractivity contribution in [1.29, 1.82) is 0 Å². The standard InChI is InChI=1S/C17H17ClN4O4/c1-8-19-9-3-2-4-10(20-13(24)7-18)14(9)17(25)22(8)11-5-6-12(23)21-16-15(11)26-16/h2-4,11,15-16H,5-7H2,1H3,(H,20,24)(H,21,23). The number of hydrogen-bond acceptors (Lipinski definition) is 5. The summed E-state index contributed by atoms with van der Waals surface area (Å²) in [6.45, 7) is 1.75. The van der Waals surface area contributed by atoms with Crippen LogP contribution in [-0.4, -0.2) is 39.6 Å². The van der Waals surface area contributed by atoms with Gasteiger partial charge in [0.2, 0.25) is 11.8 Å². The Kier molecular flexibility index (Phi) is 4.16. The van der Waals surface area contributed by atoms with Gasteiger partial charge in [0, 0.05) is 6.42 Å². The number of alkyl halides is 1. The molecule has 2 amide bonds. The quantitative estimate of drug-likeness (QED) is 0.615. The van der Waals surface area contributed by atoms with Gasteiger partial charge >= 0.3 is 0 Å². The number of benzene rings is 1. The maximum atomic E-state index is 13.3. The van der Waals surface area contributed by atoms with E-state index in [1.165, 1.54) is 0 Å². The molecule has 3 atom stereocenters. The second-order valence-corrected chi connectivity index (χ2v) is 6.68. The Balaban J connectivity index is 1.85. The van der Waals surface area contributed by atoms with Gasteiger partial charge in [-0.2, -0.15) is 0 Å². The molecule has 2 saturated heterocycles. The molecule has 136 valence electrons. The topological polar surface area (TPSA) is 106 Å². The van der Waals surface area contributed by atoms with Gasteiger partial charge in [-0.1, -0.05) is 6.07 Å². The first kappa shape index (κ1) is 17.0. The fourth-order valence-electron chi connectivity index (χ4n) is 3.51. The van der Waals surface area contributed by atoms with E-state index in [0.717, 1.165) is 0 Å². The van der Waals surface area contributed by atoms with Gasteiger partial charge in [0.05, 0.1) is 22.6 Å². The third kappa shape index (κ3) is 2.85. The van der Waals surface area contributed by atoms with Gasteiger partial charge in [0.25, 0.3) is 5.56 Å². The van der Waals surface area contributed by atoms with E-state index in [1.54, 1.807) is 29.7 Å². The highest BCUT2D eigenvalue weighted by Crippen LogP contribution is 2.36. The minimum absolute atomic E-state index is 0.0884. The summed E-state index contributed by atoms with van der Waals surface area (Å²) in [6.07, 6.45) is 0.192. The zero-order valence-electron chi connectivity index (χ0n) is 14.0. The molecule has 2 N–H and O–H groups in total. The molecule has 4 rings (SSSR count). The predicted molar refractivity (Wildman–Crippen MR) is 95.2 cm³/mol. The number of amides is 2. The van der Waals surface area contributed by atoms with Crippen LogP contribution in [0.4, 0.5) is 5.69 Å². The minimum atomic E-state index is -0.402. The zero-order chi connectivity index (χ0) is 18.4. The number of halogens is 1. The van der Waals surface area contributed by atoms with Gasteiger partial charge in [0.15, 0.2) is 6.23 Å². The second-order valence-electron chi connectivity index (χ2n) is 6.41. The number of carbonyl (C=O) groups is 2. The van der Waals surface area contributed by atoms with Crippen molar-refractivity contribution in [1.82, 2.24) is 14.9 Å². The smallest absolute Gasteiger partial charge is 0.263 e. The zero-order valence-corrected chi connectivity index (χ0v) is 14.7. The van der Waals surface area contributed by atoms with E-state index in [0.29, 0.717) is 35.3 Å². The van der Waals surface area contributed by atoms with Crippen LogP contribution >= 0.6 is 11.6 Å². The first-order valence-corrected chi connectivity index (χ1v) is 8.85. The number of anilines is 1. The number of aryl methyl sites for hydroxylation is 1. The molecule has 0 aliphatic carbocycles. The molecule has 2 fully saturated rings. The van der Waals surface area contributed by atoms with Gasteiger partial charge in [-0.05, 0) is 25.5 Å². The fraction of sp³-hybridized carbons (Fsp3) is 0.412. The molecule has 0 radical (unpaired) electrons. The lowest BCUT2D eigenvalue weighted by Gasteiger charge is -2.20. The monoisotopic (exact) mass is 376 g/mol. The molecule has 1 aromatic carbocycles. The Morgan fingerprint density at radius 1 is 1.46 bits per heavy atom. The van der Waals surface area contributed by atoms with E-state index < -0.39 is 5.91 Å². The third-order valence-corrected chi connectivity index (χ3v) is 4.95. The Hall–Kier alpha value is -2.45. The molecule has 0 bridgehead atoms. The number of rotatable bonds is 3. The summed E-state index contributed by atoms with van der Waals surface area (Å²) in [5.74, 6) is -0.162. The maximum Gasteiger partial charge on any atom is 0.263 e. The molecule has 3 heterocycles. The normalized spacial score (nSPS) is 24.5. The fourth-order valence-corrected chi connectivity index (χ4v) is 3.58. The summed E-state index contributed by atoms with van der Waals surface area (Å²) >= 11 is 5.56. The number of hydrogen-bond donors (Lipinski definition) is 2. The average Bonchev–Trinajstić information content (AvgIpc) is 3.36. The van der Waals surface area contributed by atoms with Crippen molar-refractivity contribution in [3.63, 3.8) is 0 Å². The molecule has 26 heavy (non-hydrogen) atoms. The molecular weight excluding hydrogens is 360 g/mol. The molecule has 9 heteroatoms. The molecule has 2 aliphatic heterocycles. The van der Waals surface area contributed by atoms with E-state index >= 15 is 0 Å². The highest BCUT2D eigenvalue weighted by molar-refractivity contribution is 6.29. The van der Waals surface area contributed by atoms with Crippen LogP contribution in [-0.2, 0) is 14.3 Å². The van der Waals surface area contributed by atoms with Gasteiger partial charge in [-0.15, -0.1) is 11.6 Å². The van der Waals surface area contributed by atoms with Crippen LogP contribution in [0.1, 0.15) is 24.7 Å². The number of nitrogens with zero attached hydrogens (tertiary/aromatic N) is 2. The summed E-state index contributed by atoms with van der Waals surface area (Å²) in [4.78, 5) is 41.2. The number of carbonyl (C=O) groups excluding carboxylic acids is 2. The Morgan fingerprint density at radius 2 is 2.27 bits per heavy atom. The van der Waals surface area contributed by atoms with Crippen LogP contribution in [0.15, 0.2) is 23.0 Å². The highest BCUT2D eigenvalue weighted by Gasteiger charge is 2.49. The molecule has 3 unspecified atom stereocenters. The van der Waals surface area contributed by atoms with Crippen molar-refractivity contribution >= 4 is 40.0 Å². The maximum absolute atomic E-state index is 13.3. The summed E-state index contributed by atoms with van der Waals surface area (Å²) in [6, 6.07) is 4.79. The van der Waals surface area contributed by atoms with Gasteiger partial charge in [-0.25, -0.2) is 4.98 Å². The van der Waals surface area contributed by atoms with Crippen LogP contribution in [0.5, 0.6) is 0 Å². The SMILES string of the molecule is Cc1nc2cccc(NC(=O)CCl)c2c(=O)n1C1CCC(=O)NC2OC21. The van der Waals surface area contributed by atoms with E-state index in [2.05, 4.69) is 15.6 Å². The van der Waals surface area contributed by atoms with Crippen LogP contribution < -0.4 is 16.2 Å². The number of nitrogens with one attached hydrogen (secondary N) is 2. The van der Waals surface area contributed by atoms with Crippen molar-refractivity contribution in [2.24, 2.45) is 0 Å². The number of fused-ring (bicyclic) bond motifs is 2. The lowest BCUT2D eigenvalue weighted by atomic mass is 10.1. The largest absolute Gasteiger partial charge is 0.346 e. The summed E-state index contributed by atoms with van der Waals surface area (Å²) < 4.78 is 7.10. The molecule has 2 aliphatic rings. The summed E-state index contributed by atoms with van der Waals surface area (Å²) in [5.41, 5.74) is 0.592. The second kappa shape index (κ2) is 6.37. The molecule has 0 spiro atoms. The average molecular weight is 377 g/mol. The number of ether oxygens (including phenoxy) is 1. The van der Waals surface area contributed by atoms with Crippen molar-refractivity contribution < 1.29 is 14.3 Å². The Morgan fingerprint density at radius 3 is 3.04 bits per heavy atom. The van der Waals surface area contributed by atoms with Crippen LogP contribution in [0.2, 0.25) is 0 Å². The Bertz CT molecular complexity index is 973. The van der Waals surface area contributed by atoms with E-state index in [9.17, 15) is 14.4 Å². The first-order chi connectivity index (χ1) is 12.5. The van der Waals surface area contributed by atoms with E-state index in [1.807, 2.05) is 0 Å². The first-order valence-electron chi connectivity index (χ1n) is 8.32. The van der Waals surface area contributed by atoms with Crippen molar-refractivity contribution in [3.8, 4) is 0 Å². The van der Waals surface area contributed by atoms with Crippen LogP contribution in [0.3, 0.4) is 0 Å². The van der Waals surface area contributed by atoms with Crippen molar-refractivity contribution in [2.45, 2.75) is 38.1 Å². The predicted octanol–water partition coefficient (Wildman–Crippen LogP) is 1.06. The van der Waals surface area contributed by atoms with Gasteiger partial charge < -0.3 is 15.4 Å². The van der Waals surface area contributed by atoms with Crippen LogP contribution in [0, 0.1) is 6.92 Å². The minimum Gasteiger partial charge on any atom is -0.346 e. The summed E-state index contributed by atoms with van der Waals surface area (Å²) in [5, 5.41) is 5.73. The molecule has 8 nitrogen and oxygen atoms in total. The molecule has 2 aromatic rings. The van der Waals surface area contributed by atoms with Crippen LogP contribution in [0.25, 0.3) is 10.9 Å². The highest BCUT2D eigenvalue weighted by atomic mass is 35.5. The number of epoxide rings is 1. The van der Waals surface area contributed by atoms with Crippen molar-refractivity contribution in [2.75, 3.05) is 11.2 Å². The van der Waals surface area contributed by atoms with Crippen molar-refractivity contribution in [3.05, 3.63) is 34.4 Å². The number of aromatic nitrogens is 2. The summed E-state index contributed by atoms with van der Waals surface area (Å²) in [7, 11) is 0. The van der Waals surface area contributed by atoms with Gasteiger partial charge in [-0.3, -0.25) is 19.0 Å². The molecule has 1 aromatic heterocycles.